The third-order valence-corrected chi connectivity index (χ3v) is 5.50. The molecular formula is C25H24N2O2. The van der Waals surface area contributed by atoms with Gasteiger partial charge in [-0.15, -0.1) is 0 Å². The first kappa shape index (κ1) is 18.9. The van der Waals surface area contributed by atoms with Crippen LogP contribution in [-0.4, -0.2) is 18.9 Å². The smallest absolute Gasteiger partial charge is 0.227 e. The minimum atomic E-state index is -0.0251. The van der Waals surface area contributed by atoms with Gasteiger partial charge < -0.3 is 10.2 Å². The van der Waals surface area contributed by atoms with Crippen molar-refractivity contribution in [2.24, 2.45) is 0 Å². The Kier molecular flexibility index (Phi) is 5.43. The van der Waals surface area contributed by atoms with Crippen LogP contribution in [0.2, 0.25) is 0 Å². The third kappa shape index (κ3) is 4.21. The molecule has 4 rings (SSSR count). The molecule has 0 aliphatic carbocycles. The summed E-state index contributed by atoms with van der Waals surface area (Å²) in [5, 5.41) is 3.05. The second-order valence-corrected chi connectivity index (χ2v) is 7.42. The SMILES string of the molecule is CN1C(=O)CCc2cc(NC(=O)CC(c3ccccc3)c3ccccc3)ccc21. The van der Waals surface area contributed by atoms with E-state index in [0.29, 0.717) is 19.3 Å². The summed E-state index contributed by atoms with van der Waals surface area (Å²) in [5.74, 6) is 0.101. The molecule has 1 aliphatic heterocycles. The van der Waals surface area contributed by atoms with Crippen LogP contribution < -0.4 is 10.2 Å². The molecule has 146 valence electrons. The van der Waals surface area contributed by atoms with Gasteiger partial charge in [0.05, 0.1) is 0 Å². The quantitative estimate of drug-likeness (QED) is 0.690. The Morgan fingerprint density at radius 1 is 0.931 bits per heavy atom. The van der Waals surface area contributed by atoms with Gasteiger partial charge in [0.25, 0.3) is 0 Å². The fourth-order valence-corrected chi connectivity index (χ4v) is 3.93. The van der Waals surface area contributed by atoms with Crippen LogP contribution in [-0.2, 0) is 16.0 Å². The summed E-state index contributed by atoms with van der Waals surface area (Å²) in [4.78, 5) is 26.4. The number of aryl methyl sites for hydroxylation is 1. The standard InChI is InChI=1S/C25H24N2O2/c1-27-23-14-13-21(16-20(23)12-15-25(27)29)26-24(28)17-22(18-8-4-2-5-9-18)19-10-6-3-7-11-19/h2-11,13-14,16,22H,12,15,17H2,1H3,(H,26,28). The van der Waals surface area contributed by atoms with Crippen LogP contribution in [0, 0.1) is 0 Å². The molecule has 29 heavy (non-hydrogen) atoms. The Morgan fingerprint density at radius 3 is 2.17 bits per heavy atom. The molecule has 0 radical (unpaired) electrons. The average molecular weight is 384 g/mol. The lowest BCUT2D eigenvalue weighted by atomic mass is 9.88. The first-order chi connectivity index (χ1) is 14.1. The predicted octanol–water partition coefficient (Wildman–Crippen LogP) is 4.76. The fourth-order valence-electron chi connectivity index (χ4n) is 3.93. The maximum absolute atomic E-state index is 12.9. The van der Waals surface area contributed by atoms with Gasteiger partial charge in [0.1, 0.15) is 0 Å². The lowest BCUT2D eigenvalue weighted by Gasteiger charge is -2.26. The highest BCUT2D eigenvalue weighted by molar-refractivity contribution is 5.97. The van der Waals surface area contributed by atoms with E-state index in [1.807, 2.05) is 54.6 Å². The van der Waals surface area contributed by atoms with Gasteiger partial charge >= 0.3 is 0 Å². The minimum Gasteiger partial charge on any atom is -0.326 e. The van der Waals surface area contributed by atoms with Gasteiger partial charge in [-0.25, -0.2) is 0 Å². The van der Waals surface area contributed by atoms with Crippen molar-refractivity contribution in [2.45, 2.75) is 25.2 Å². The maximum atomic E-state index is 12.9. The number of nitrogens with one attached hydrogen (secondary N) is 1. The lowest BCUT2D eigenvalue weighted by Crippen LogP contribution is -2.31. The van der Waals surface area contributed by atoms with Gasteiger partial charge in [0.15, 0.2) is 0 Å². The van der Waals surface area contributed by atoms with Gasteiger partial charge in [0.2, 0.25) is 11.8 Å². The van der Waals surface area contributed by atoms with Crippen molar-refractivity contribution >= 4 is 23.2 Å². The number of rotatable bonds is 5. The van der Waals surface area contributed by atoms with Crippen LogP contribution in [0.3, 0.4) is 0 Å². The number of carbonyl (C=O) groups excluding carboxylic acids is 2. The zero-order valence-corrected chi connectivity index (χ0v) is 16.5. The highest BCUT2D eigenvalue weighted by Gasteiger charge is 2.22. The zero-order valence-electron chi connectivity index (χ0n) is 16.5. The van der Waals surface area contributed by atoms with Gasteiger partial charge in [-0.1, -0.05) is 60.7 Å². The van der Waals surface area contributed by atoms with Crippen molar-refractivity contribution in [1.29, 1.82) is 0 Å². The number of benzene rings is 3. The van der Waals surface area contributed by atoms with Crippen molar-refractivity contribution < 1.29 is 9.59 Å². The monoisotopic (exact) mass is 384 g/mol. The predicted molar refractivity (Wildman–Crippen MR) is 116 cm³/mol. The van der Waals surface area contributed by atoms with Gasteiger partial charge in [-0.05, 0) is 41.3 Å². The van der Waals surface area contributed by atoms with E-state index in [1.54, 1.807) is 11.9 Å². The van der Waals surface area contributed by atoms with E-state index < -0.39 is 0 Å². The average Bonchev–Trinajstić information content (AvgIpc) is 2.76. The van der Waals surface area contributed by atoms with E-state index in [0.717, 1.165) is 28.1 Å². The van der Waals surface area contributed by atoms with Crippen LogP contribution >= 0.6 is 0 Å². The van der Waals surface area contributed by atoms with Crippen molar-refractivity contribution in [1.82, 2.24) is 0 Å². The third-order valence-electron chi connectivity index (χ3n) is 5.50. The first-order valence-corrected chi connectivity index (χ1v) is 9.91. The molecule has 3 aromatic carbocycles. The zero-order chi connectivity index (χ0) is 20.2. The number of hydrogen-bond donors (Lipinski definition) is 1. The molecule has 1 N–H and O–H groups in total. The van der Waals surface area contributed by atoms with E-state index in [9.17, 15) is 9.59 Å². The summed E-state index contributed by atoms with van der Waals surface area (Å²) in [6.45, 7) is 0. The summed E-state index contributed by atoms with van der Waals surface area (Å²) in [5.41, 5.74) is 5.04. The molecular weight excluding hydrogens is 360 g/mol. The van der Waals surface area contributed by atoms with E-state index >= 15 is 0 Å². The fraction of sp³-hybridized carbons (Fsp3) is 0.200. The maximum Gasteiger partial charge on any atom is 0.227 e. The number of amides is 2. The van der Waals surface area contributed by atoms with Crippen molar-refractivity contribution in [3.05, 3.63) is 95.6 Å². The number of carbonyl (C=O) groups is 2. The van der Waals surface area contributed by atoms with Crippen LogP contribution in [0.25, 0.3) is 0 Å². The van der Waals surface area contributed by atoms with Gasteiger partial charge in [-0.3, -0.25) is 9.59 Å². The molecule has 0 saturated heterocycles. The van der Waals surface area contributed by atoms with E-state index in [4.69, 9.17) is 0 Å². The summed E-state index contributed by atoms with van der Waals surface area (Å²) < 4.78 is 0. The minimum absolute atomic E-state index is 0.00113. The Morgan fingerprint density at radius 2 is 1.55 bits per heavy atom. The molecule has 1 aliphatic rings. The van der Waals surface area contributed by atoms with Crippen molar-refractivity contribution in [3.63, 3.8) is 0 Å². The molecule has 0 atom stereocenters. The van der Waals surface area contributed by atoms with Crippen molar-refractivity contribution in [3.8, 4) is 0 Å². The highest BCUT2D eigenvalue weighted by Crippen LogP contribution is 2.31. The van der Waals surface area contributed by atoms with Crippen LogP contribution in [0.15, 0.2) is 78.9 Å². The number of anilines is 2. The van der Waals surface area contributed by atoms with Crippen LogP contribution in [0.4, 0.5) is 11.4 Å². The highest BCUT2D eigenvalue weighted by atomic mass is 16.2. The molecule has 0 spiro atoms. The summed E-state index contributed by atoms with van der Waals surface area (Å²) >= 11 is 0. The molecule has 0 saturated carbocycles. The molecule has 0 fully saturated rings. The topological polar surface area (TPSA) is 49.4 Å². The molecule has 0 bridgehead atoms. The summed E-state index contributed by atoms with van der Waals surface area (Å²) in [7, 11) is 1.79. The Hall–Kier alpha value is -3.40. The second-order valence-electron chi connectivity index (χ2n) is 7.42. The first-order valence-electron chi connectivity index (χ1n) is 9.91. The van der Waals surface area contributed by atoms with Gasteiger partial charge in [-0.2, -0.15) is 0 Å². The molecule has 2 amide bonds. The van der Waals surface area contributed by atoms with E-state index in [-0.39, 0.29) is 17.7 Å². The normalized spacial score (nSPS) is 13.3. The van der Waals surface area contributed by atoms with Crippen molar-refractivity contribution in [2.75, 3.05) is 17.3 Å². The second kappa shape index (κ2) is 8.31. The molecule has 0 aromatic heterocycles. The molecule has 3 aromatic rings. The lowest BCUT2D eigenvalue weighted by molar-refractivity contribution is -0.118. The molecule has 4 nitrogen and oxygen atoms in total. The summed E-state index contributed by atoms with van der Waals surface area (Å²) in [6.07, 6.45) is 1.58. The van der Waals surface area contributed by atoms with Crippen LogP contribution in [0.5, 0.6) is 0 Å². The molecule has 0 unspecified atom stereocenters. The number of nitrogens with zero attached hydrogens (tertiary/aromatic N) is 1. The largest absolute Gasteiger partial charge is 0.326 e. The summed E-state index contributed by atoms with van der Waals surface area (Å²) in [6, 6.07) is 26.0. The van der Waals surface area contributed by atoms with Gasteiger partial charge in [0, 0.05) is 37.2 Å². The van der Waals surface area contributed by atoms with E-state index in [2.05, 4.69) is 29.6 Å². The number of fused-ring (bicyclic) bond motifs is 1. The molecule has 4 heteroatoms. The molecule has 1 heterocycles. The Labute approximate surface area is 171 Å². The Balaban J connectivity index is 1.53. The Bertz CT molecular complexity index is 976. The van der Waals surface area contributed by atoms with E-state index in [1.165, 1.54) is 0 Å². The van der Waals surface area contributed by atoms with Crippen LogP contribution in [0.1, 0.15) is 35.4 Å². The number of hydrogen-bond acceptors (Lipinski definition) is 2.